The van der Waals surface area contributed by atoms with Crippen LogP contribution in [0.3, 0.4) is 0 Å². The maximum Gasteiger partial charge on any atom is 0.216 e. The van der Waals surface area contributed by atoms with Gasteiger partial charge >= 0.3 is 0 Å². The van der Waals surface area contributed by atoms with E-state index in [1.165, 1.54) is 10.8 Å². The first-order chi connectivity index (χ1) is 11.8. The van der Waals surface area contributed by atoms with Crippen molar-refractivity contribution in [3.8, 4) is 11.6 Å². The highest BCUT2D eigenvalue weighted by Crippen LogP contribution is 2.21. The molecule has 0 N–H and O–H groups in total. The summed E-state index contributed by atoms with van der Waals surface area (Å²) in [5, 5.41) is 3.20. The Hall–Kier alpha value is -2.27. The van der Waals surface area contributed by atoms with Gasteiger partial charge in [-0.3, -0.25) is 0 Å². The molecule has 0 spiro atoms. The van der Waals surface area contributed by atoms with Crippen molar-refractivity contribution in [2.75, 3.05) is 19.5 Å². The van der Waals surface area contributed by atoms with Gasteiger partial charge in [-0.05, 0) is 35.7 Å². The van der Waals surface area contributed by atoms with Crippen LogP contribution in [0.2, 0.25) is 0 Å². The maximum atomic E-state index is 5.84. The number of thioether (sulfide) groups is 1. The summed E-state index contributed by atoms with van der Waals surface area (Å²) in [4.78, 5) is 8.51. The number of ether oxygens (including phenoxy) is 2. The average Bonchev–Trinajstić information content (AvgIpc) is 2.64. The van der Waals surface area contributed by atoms with Crippen LogP contribution in [0.5, 0.6) is 11.6 Å². The zero-order valence-corrected chi connectivity index (χ0v) is 14.5. The molecule has 1 heterocycles. The Balaban J connectivity index is 1.38. The van der Waals surface area contributed by atoms with E-state index in [1.807, 2.05) is 18.2 Å². The Morgan fingerprint density at radius 2 is 1.88 bits per heavy atom. The fourth-order valence-electron chi connectivity index (χ4n) is 2.32. The van der Waals surface area contributed by atoms with Crippen molar-refractivity contribution in [3.05, 3.63) is 54.7 Å². The Labute approximate surface area is 146 Å². The third-order valence-corrected chi connectivity index (χ3v) is 4.52. The molecule has 3 aromatic rings. The maximum absolute atomic E-state index is 5.84. The highest BCUT2D eigenvalue weighted by Gasteiger charge is 2.01. The quantitative estimate of drug-likeness (QED) is 0.341. The largest absolute Gasteiger partial charge is 0.494 e. The molecule has 124 valence electrons. The molecule has 0 amide bonds. The number of hydrogen-bond donors (Lipinski definition) is 0. The molecule has 0 aliphatic rings. The third-order valence-electron chi connectivity index (χ3n) is 3.58. The first-order valence-corrected chi connectivity index (χ1v) is 8.95. The second kappa shape index (κ2) is 8.55. The standard InChI is InChI=1S/C19H20N2O2S/c1-22-18-10-11-20-19(21-18)24-13-5-4-12-23-17-9-8-15-6-2-3-7-16(15)14-17/h2-3,6-11,14H,4-5,12-13H2,1H3. The summed E-state index contributed by atoms with van der Waals surface area (Å²) >= 11 is 1.64. The number of nitrogens with zero attached hydrogens (tertiary/aromatic N) is 2. The second-order valence-electron chi connectivity index (χ2n) is 5.29. The van der Waals surface area contributed by atoms with Crippen molar-refractivity contribution in [2.24, 2.45) is 0 Å². The highest BCUT2D eigenvalue weighted by atomic mass is 32.2. The summed E-state index contributed by atoms with van der Waals surface area (Å²) in [5.74, 6) is 2.50. The van der Waals surface area contributed by atoms with Gasteiger partial charge in [-0.2, -0.15) is 4.98 Å². The van der Waals surface area contributed by atoms with E-state index >= 15 is 0 Å². The van der Waals surface area contributed by atoms with Crippen LogP contribution < -0.4 is 9.47 Å². The minimum atomic E-state index is 0.604. The Bertz CT molecular complexity index is 795. The molecule has 5 heteroatoms. The Morgan fingerprint density at radius 3 is 2.75 bits per heavy atom. The summed E-state index contributed by atoms with van der Waals surface area (Å²) in [5.41, 5.74) is 0. The summed E-state index contributed by atoms with van der Waals surface area (Å²) in [6.07, 6.45) is 3.78. The molecular weight excluding hydrogens is 320 g/mol. The zero-order chi connectivity index (χ0) is 16.6. The predicted octanol–water partition coefficient (Wildman–Crippen LogP) is 4.59. The monoisotopic (exact) mass is 340 g/mol. The van der Waals surface area contributed by atoms with Crippen LogP contribution in [-0.4, -0.2) is 29.4 Å². The van der Waals surface area contributed by atoms with Crippen LogP contribution in [0.4, 0.5) is 0 Å². The first-order valence-electron chi connectivity index (χ1n) is 7.96. The lowest BCUT2D eigenvalue weighted by Crippen LogP contribution is -1.98. The molecule has 1 aromatic heterocycles. The molecule has 2 aromatic carbocycles. The fourth-order valence-corrected chi connectivity index (χ4v) is 3.14. The van der Waals surface area contributed by atoms with Gasteiger partial charge in [0.1, 0.15) is 5.75 Å². The average molecular weight is 340 g/mol. The zero-order valence-electron chi connectivity index (χ0n) is 13.6. The molecule has 0 saturated heterocycles. The lowest BCUT2D eigenvalue weighted by Gasteiger charge is -2.07. The minimum absolute atomic E-state index is 0.604. The number of fused-ring (bicyclic) bond motifs is 1. The van der Waals surface area contributed by atoms with E-state index in [9.17, 15) is 0 Å². The van der Waals surface area contributed by atoms with Crippen molar-refractivity contribution in [1.82, 2.24) is 9.97 Å². The third kappa shape index (κ3) is 4.61. The lowest BCUT2D eigenvalue weighted by molar-refractivity contribution is 0.310. The molecule has 4 nitrogen and oxygen atoms in total. The Kier molecular flexibility index (Phi) is 5.90. The van der Waals surface area contributed by atoms with Crippen LogP contribution in [0.15, 0.2) is 59.9 Å². The van der Waals surface area contributed by atoms with Crippen LogP contribution in [-0.2, 0) is 0 Å². The number of methoxy groups -OCH3 is 1. The van der Waals surface area contributed by atoms with Crippen LogP contribution in [0, 0.1) is 0 Å². The second-order valence-corrected chi connectivity index (χ2v) is 6.36. The van der Waals surface area contributed by atoms with Crippen molar-refractivity contribution < 1.29 is 9.47 Å². The summed E-state index contributed by atoms with van der Waals surface area (Å²) in [6.45, 7) is 0.720. The molecular formula is C19H20N2O2S. The van der Waals surface area contributed by atoms with Gasteiger partial charge in [0.15, 0.2) is 5.16 Å². The van der Waals surface area contributed by atoms with Gasteiger partial charge in [0.25, 0.3) is 0 Å². The summed E-state index contributed by atoms with van der Waals surface area (Å²) < 4.78 is 10.9. The predicted molar refractivity (Wildman–Crippen MR) is 98.0 cm³/mol. The van der Waals surface area contributed by atoms with E-state index in [4.69, 9.17) is 9.47 Å². The van der Waals surface area contributed by atoms with Crippen LogP contribution in [0.1, 0.15) is 12.8 Å². The molecule has 0 fully saturated rings. The molecule has 0 radical (unpaired) electrons. The van der Waals surface area contributed by atoms with E-state index in [0.29, 0.717) is 5.88 Å². The van der Waals surface area contributed by atoms with Crippen molar-refractivity contribution in [2.45, 2.75) is 18.0 Å². The minimum Gasteiger partial charge on any atom is -0.494 e. The van der Waals surface area contributed by atoms with Crippen LogP contribution in [0.25, 0.3) is 10.8 Å². The van der Waals surface area contributed by atoms with E-state index in [2.05, 4.69) is 34.2 Å². The molecule has 0 unspecified atom stereocenters. The SMILES string of the molecule is COc1ccnc(SCCCCOc2ccc3ccccc3c2)n1. The Morgan fingerprint density at radius 1 is 1.00 bits per heavy atom. The topological polar surface area (TPSA) is 44.2 Å². The van der Waals surface area contributed by atoms with Gasteiger partial charge < -0.3 is 9.47 Å². The van der Waals surface area contributed by atoms with Gasteiger partial charge in [-0.15, -0.1) is 0 Å². The molecule has 0 bridgehead atoms. The van der Waals surface area contributed by atoms with Crippen molar-refractivity contribution >= 4 is 22.5 Å². The molecule has 0 atom stereocenters. The number of benzene rings is 2. The van der Waals surface area contributed by atoms with E-state index in [0.717, 1.165) is 36.1 Å². The normalized spacial score (nSPS) is 10.7. The molecule has 0 aliphatic carbocycles. The number of hydrogen-bond acceptors (Lipinski definition) is 5. The van der Waals surface area contributed by atoms with Crippen molar-refractivity contribution in [3.63, 3.8) is 0 Å². The van der Waals surface area contributed by atoms with Gasteiger partial charge in [0.2, 0.25) is 5.88 Å². The first kappa shape index (κ1) is 16.6. The van der Waals surface area contributed by atoms with E-state index < -0.39 is 0 Å². The van der Waals surface area contributed by atoms with Gasteiger partial charge in [0.05, 0.1) is 13.7 Å². The number of aromatic nitrogens is 2. The highest BCUT2D eigenvalue weighted by molar-refractivity contribution is 7.99. The van der Waals surface area contributed by atoms with E-state index in [-0.39, 0.29) is 0 Å². The van der Waals surface area contributed by atoms with E-state index in [1.54, 1.807) is 31.1 Å². The molecule has 24 heavy (non-hydrogen) atoms. The fraction of sp³-hybridized carbons (Fsp3) is 0.263. The number of unbranched alkanes of at least 4 members (excludes halogenated alkanes) is 1. The number of rotatable bonds is 8. The lowest BCUT2D eigenvalue weighted by atomic mass is 10.1. The van der Waals surface area contributed by atoms with Crippen LogP contribution >= 0.6 is 11.8 Å². The van der Waals surface area contributed by atoms with Crippen molar-refractivity contribution in [1.29, 1.82) is 0 Å². The summed E-state index contributed by atoms with van der Waals surface area (Å²) in [7, 11) is 1.61. The van der Waals surface area contributed by atoms with Gasteiger partial charge in [-0.25, -0.2) is 4.98 Å². The smallest absolute Gasteiger partial charge is 0.216 e. The van der Waals surface area contributed by atoms with Gasteiger partial charge in [0, 0.05) is 18.0 Å². The molecule has 3 rings (SSSR count). The molecule has 0 aliphatic heterocycles. The molecule has 0 saturated carbocycles. The van der Waals surface area contributed by atoms with Gasteiger partial charge in [-0.1, -0.05) is 42.1 Å². The summed E-state index contributed by atoms with van der Waals surface area (Å²) in [6, 6.07) is 16.3.